The highest BCUT2D eigenvalue weighted by atomic mass is 19.4. The summed E-state index contributed by atoms with van der Waals surface area (Å²) in [6, 6.07) is 10.5. The second-order valence-electron chi connectivity index (χ2n) is 8.91. The zero-order valence-corrected chi connectivity index (χ0v) is 19.1. The fourth-order valence-electron chi connectivity index (χ4n) is 4.71. The molecule has 2 N–H and O–H groups in total. The molecule has 182 valence electrons. The number of amides is 2. The molecular weight excluding hydrogens is 445 g/mol. The molecule has 0 bridgehead atoms. The molecule has 1 saturated heterocycles. The van der Waals surface area contributed by atoms with Gasteiger partial charge in [0.15, 0.2) is 0 Å². The fourth-order valence-corrected chi connectivity index (χ4v) is 4.71. The van der Waals surface area contributed by atoms with Crippen LogP contribution in [-0.4, -0.2) is 49.9 Å². The molecule has 1 fully saturated rings. The van der Waals surface area contributed by atoms with E-state index in [1.54, 1.807) is 0 Å². The van der Waals surface area contributed by atoms with Gasteiger partial charge in [0.05, 0.1) is 11.6 Å². The molecule has 0 spiro atoms. The van der Waals surface area contributed by atoms with Crippen LogP contribution in [0.15, 0.2) is 42.5 Å². The van der Waals surface area contributed by atoms with Crippen LogP contribution in [0.3, 0.4) is 0 Å². The molecule has 2 aromatic carbocycles. The average Bonchev–Trinajstić information content (AvgIpc) is 3.19. The zero-order chi connectivity index (χ0) is 24.3. The molecule has 2 amide bonds. The van der Waals surface area contributed by atoms with E-state index in [1.165, 1.54) is 29.8 Å². The van der Waals surface area contributed by atoms with Gasteiger partial charge >= 0.3 is 18.0 Å². The Morgan fingerprint density at radius 3 is 2.50 bits per heavy atom. The van der Waals surface area contributed by atoms with Crippen molar-refractivity contribution in [3.63, 3.8) is 0 Å². The molecule has 2 heterocycles. The summed E-state index contributed by atoms with van der Waals surface area (Å²) in [6.45, 7) is 3.03. The van der Waals surface area contributed by atoms with Gasteiger partial charge in [-0.25, -0.2) is 0 Å². The molecule has 6 nitrogen and oxygen atoms in total. The summed E-state index contributed by atoms with van der Waals surface area (Å²) in [6.07, 6.45) is -0.236. The van der Waals surface area contributed by atoms with E-state index in [0.29, 0.717) is 0 Å². The lowest BCUT2D eigenvalue weighted by Crippen LogP contribution is -2.43. The van der Waals surface area contributed by atoms with Crippen molar-refractivity contribution < 1.29 is 22.8 Å². The minimum atomic E-state index is -4.53. The number of anilines is 2. The van der Waals surface area contributed by atoms with E-state index in [2.05, 4.69) is 45.7 Å². The number of hydrogen-bond donors (Lipinski definition) is 2. The van der Waals surface area contributed by atoms with E-state index < -0.39 is 23.6 Å². The standard InChI is InChI=1S/C25H29F3N4O2/c1-31-13-10-18-14-17(8-9-21(18)31)22(32-11-3-2-4-12-32)16-29-23(33)24(34)30-20-7-5-6-19(15-20)25(26,27)28/h5-9,14-15,22H,2-4,10-13,16H2,1H3,(H,29,33)(H,30,34). The summed E-state index contributed by atoms with van der Waals surface area (Å²) in [5, 5.41) is 4.96. The highest BCUT2D eigenvalue weighted by Gasteiger charge is 2.31. The van der Waals surface area contributed by atoms with Gasteiger partial charge in [-0.2, -0.15) is 13.2 Å². The minimum Gasteiger partial charge on any atom is -0.374 e. The lowest BCUT2D eigenvalue weighted by Gasteiger charge is -2.35. The van der Waals surface area contributed by atoms with Gasteiger partial charge in [-0.05, 0) is 67.7 Å². The van der Waals surface area contributed by atoms with E-state index in [4.69, 9.17) is 0 Å². The van der Waals surface area contributed by atoms with E-state index in [9.17, 15) is 22.8 Å². The monoisotopic (exact) mass is 474 g/mol. The van der Waals surface area contributed by atoms with E-state index in [1.807, 2.05) is 0 Å². The first-order chi connectivity index (χ1) is 16.2. The average molecular weight is 475 g/mol. The SMILES string of the molecule is CN1CCc2cc(C(CNC(=O)C(=O)Nc3cccc(C(F)(F)F)c3)N3CCCCC3)ccc21. The zero-order valence-electron chi connectivity index (χ0n) is 19.1. The Morgan fingerprint density at radius 1 is 1.00 bits per heavy atom. The maximum atomic E-state index is 12.9. The Bertz CT molecular complexity index is 1050. The predicted octanol–water partition coefficient (Wildman–Crippen LogP) is 3.98. The number of alkyl halides is 3. The number of carbonyl (C=O) groups is 2. The van der Waals surface area contributed by atoms with Gasteiger partial charge in [-0.3, -0.25) is 14.5 Å². The summed E-state index contributed by atoms with van der Waals surface area (Å²) < 4.78 is 38.7. The van der Waals surface area contributed by atoms with Crippen LogP contribution in [0.5, 0.6) is 0 Å². The van der Waals surface area contributed by atoms with Crippen molar-refractivity contribution in [2.24, 2.45) is 0 Å². The normalized spacial score (nSPS) is 17.2. The molecule has 0 aliphatic carbocycles. The molecule has 0 aromatic heterocycles. The van der Waals surface area contributed by atoms with E-state index in [0.717, 1.165) is 56.6 Å². The quantitative estimate of drug-likeness (QED) is 0.644. The van der Waals surface area contributed by atoms with Crippen molar-refractivity contribution in [1.29, 1.82) is 0 Å². The van der Waals surface area contributed by atoms with Crippen molar-refractivity contribution in [2.45, 2.75) is 37.9 Å². The van der Waals surface area contributed by atoms with Crippen LogP contribution in [0.4, 0.5) is 24.5 Å². The van der Waals surface area contributed by atoms with Crippen LogP contribution >= 0.6 is 0 Å². The number of fused-ring (bicyclic) bond motifs is 1. The van der Waals surface area contributed by atoms with Crippen molar-refractivity contribution >= 4 is 23.2 Å². The maximum absolute atomic E-state index is 12.9. The van der Waals surface area contributed by atoms with Gasteiger partial charge in [0, 0.05) is 31.5 Å². The molecule has 0 saturated carbocycles. The Morgan fingerprint density at radius 2 is 1.76 bits per heavy atom. The van der Waals surface area contributed by atoms with Gasteiger partial charge in [0.25, 0.3) is 0 Å². The number of likely N-dealkylation sites (tertiary alicyclic amines) is 1. The smallest absolute Gasteiger partial charge is 0.374 e. The summed E-state index contributed by atoms with van der Waals surface area (Å²) in [7, 11) is 2.07. The van der Waals surface area contributed by atoms with Gasteiger partial charge in [0.2, 0.25) is 0 Å². The fraction of sp³-hybridized carbons (Fsp3) is 0.440. The molecule has 2 aromatic rings. The largest absolute Gasteiger partial charge is 0.416 e. The molecular formula is C25H29F3N4O2. The lowest BCUT2D eigenvalue weighted by atomic mass is 9.98. The summed E-state index contributed by atoms with van der Waals surface area (Å²) >= 11 is 0. The number of rotatable bonds is 5. The first-order valence-corrected chi connectivity index (χ1v) is 11.6. The number of benzene rings is 2. The van der Waals surface area contributed by atoms with E-state index >= 15 is 0 Å². The minimum absolute atomic E-state index is 0.0784. The first-order valence-electron chi connectivity index (χ1n) is 11.6. The lowest BCUT2D eigenvalue weighted by molar-refractivity contribution is -0.137. The number of hydrogen-bond acceptors (Lipinski definition) is 4. The Kier molecular flexibility index (Phi) is 7.11. The van der Waals surface area contributed by atoms with Crippen LogP contribution in [0.1, 0.15) is 42.0 Å². The van der Waals surface area contributed by atoms with Crippen molar-refractivity contribution in [3.8, 4) is 0 Å². The third kappa shape index (κ3) is 5.52. The summed E-state index contributed by atoms with van der Waals surface area (Å²) in [5.74, 6) is -1.87. The van der Waals surface area contributed by atoms with Crippen LogP contribution in [0.25, 0.3) is 0 Å². The van der Waals surface area contributed by atoms with Crippen molar-refractivity contribution in [2.75, 3.05) is 43.4 Å². The first kappa shape index (κ1) is 24.1. The third-order valence-electron chi connectivity index (χ3n) is 6.56. The van der Waals surface area contributed by atoms with Gasteiger partial charge in [-0.15, -0.1) is 0 Å². The van der Waals surface area contributed by atoms with Gasteiger partial charge in [0.1, 0.15) is 0 Å². The highest BCUT2D eigenvalue weighted by molar-refractivity contribution is 6.39. The topological polar surface area (TPSA) is 64.7 Å². The molecule has 4 rings (SSSR count). The number of nitrogens with one attached hydrogen (secondary N) is 2. The van der Waals surface area contributed by atoms with Gasteiger partial charge in [-0.1, -0.05) is 24.6 Å². The molecule has 2 aliphatic rings. The Hall–Kier alpha value is -3.07. The van der Waals surface area contributed by atoms with Crippen molar-refractivity contribution in [3.05, 3.63) is 59.2 Å². The number of nitrogens with zero attached hydrogens (tertiary/aromatic N) is 2. The Labute approximate surface area is 197 Å². The molecule has 0 radical (unpaired) electrons. The van der Waals surface area contributed by atoms with Crippen LogP contribution in [0, 0.1) is 0 Å². The van der Waals surface area contributed by atoms with Gasteiger partial charge < -0.3 is 15.5 Å². The number of carbonyl (C=O) groups excluding carboxylic acids is 2. The van der Waals surface area contributed by atoms with E-state index in [-0.39, 0.29) is 18.3 Å². The third-order valence-corrected chi connectivity index (χ3v) is 6.56. The molecule has 1 atom stereocenters. The summed E-state index contributed by atoms with van der Waals surface area (Å²) in [5.41, 5.74) is 2.61. The predicted molar refractivity (Wildman–Crippen MR) is 125 cm³/mol. The number of likely N-dealkylation sites (N-methyl/N-ethyl adjacent to an activating group) is 1. The highest BCUT2D eigenvalue weighted by Crippen LogP contribution is 2.32. The van der Waals surface area contributed by atoms with Crippen LogP contribution < -0.4 is 15.5 Å². The maximum Gasteiger partial charge on any atom is 0.416 e. The molecule has 9 heteroatoms. The molecule has 34 heavy (non-hydrogen) atoms. The van der Waals surface area contributed by atoms with Crippen LogP contribution in [0.2, 0.25) is 0 Å². The number of halogens is 3. The molecule has 2 aliphatic heterocycles. The Balaban J connectivity index is 1.44. The second kappa shape index (κ2) is 10.0. The summed E-state index contributed by atoms with van der Waals surface area (Å²) in [4.78, 5) is 29.4. The second-order valence-corrected chi connectivity index (χ2v) is 8.91. The number of piperidine rings is 1. The molecule has 1 unspecified atom stereocenters. The van der Waals surface area contributed by atoms with Crippen LogP contribution in [-0.2, 0) is 22.2 Å². The van der Waals surface area contributed by atoms with Crippen molar-refractivity contribution in [1.82, 2.24) is 10.2 Å².